The fourth-order valence-electron chi connectivity index (χ4n) is 6.92. The fourth-order valence-corrected chi connectivity index (χ4v) is 6.92. The molecule has 0 bridgehead atoms. The second kappa shape index (κ2) is 43.6. The molecule has 0 heterocycles. The minimum Gasteiger partial charge on any atom is -0.481 e. The number of esters is 1. The van der Waals surface area contributed by atoms with Gasteiger partial charge in [0.25, 0.3) is 0 Å². The largest absolute Gasteiger partial charge is 0.481 e. The molecule has 0 aromatic carbocycles. The van der Waals surface area contributed by atoms with Crippen molar-refractivity contribution in [1.29, 1.82) is 0 Å². The van der Waals surface area contributed by atoms with Crippen LogP contribution in [0.2, 0.25) is 0 Å². The van der Waals surface area contributed by atoms with Gasteiger partial charge in [0.1, 0.15) is 6.10 Å². The Morgan fingerprint density at radius 2 is 0.750 bits per heavy atom. The van der Waals surface area contributed by atoms with Crippen molar-refractivity contribution in [1.82, 2.24) is 0 Å². The predicted molar refractivity (Wildman–Crippen MR) is 227 cm³/mol. The molecule has 0 aliphatic heterocycles. The van der Waals surface area contributed by atoms with Crippen LogP contribution in [0.1, 0.15) is 251 Å². The molecule has 0 saturated heterocycles. The summed E-state index contributed by atoms with van der Waals surface area (Å²) in [6.45, 7) is 4.52. The highest BCUT2D eigenvalue weighted by atomic mass is 16.5. The molecule has 1 atom stereocenters. The van der Waals surface area contributed by atoms with Crippen LogP contribution in [0.15, 0.2) is 36.5 Å². The van der Waals surface area contributed by atoms with Gasteiger partial charge >= 0.3 is 11.9 Å². The summed E-state index contributed by atoms with van der Waals surface area (Å²) < 4.78 is 6.06. The zero-order chi connectivity index (χ0) is 37.8. The lowest BCUT2D eigenvalue weighted by atomic mass is 10.0. The summed E-state index contributed by atoms with van der Waals surface area (Å²) in [6, 6.07) is 0. The number of rotatable bonds is 42. The number of carboxylic acid groups (broad SMARTS) is 1. The molecule has 4 heteroatoms. The summed E-state index contributed by atoms with van der Waals surface area (Å²) >= 11 is 0. The molecular weight excluding hydrogens is 641 g/mol. The monoisotopic (exact) mass is 729 g/mol. The van der Waals surface area contributed by atoms with Gasteiger partial charge in [-0.1, -0.05) is 179 Å². The summed E-state index contributed by atoms with van der Waals surface area (Å²) in [5.74, 6) is -0.636. The molecule has 1 unspecified atom stereocenters. The number of carbonyl (C=O) groups excluding carboxylic acids is 1. The molecule has 0 amide bonds. The van der Waals surface area contributed by atoms with Crippen LogP contribution < -0.4 is 0 Å². The Morgan fingerprint density at radius 3 is 1.21 bits per heavy atom. The average Bonchev–Trinajstić information content (AvgIpc) is 3.13. The number of carbonyl (C=O) groups is 2. The number of allylic oxidation sites excluding steroid dienone is 6. The van der Waals surface area contributed by atoms with Crippen LogP contribution in [0.25, 0.3) is 0 Å². The maximum absolute atomic E-state index is 12.7. The number of carboxylic acids is 1. The minimum absolute atomic E-state index is 0.0333. The smallest absolute Gasteiger partial charge is 0.306 e. The number of hydrogen-bond acceptors (Lipinski definition) is 3. The Kier molecular flexibility index (Phi) is 42.0. The van der Waals surface area contributed by atoms with Crippen LogP contribution >= 0.6 is 0 Å². The molecule has 1 N–H and O–H groups in total. The molecule has 0 aliphatic carbocycles. The van der Waals surface area contributed by atoms with Crippen molar-refractivity contribution in [3.05, 3.63) is 36.5 Å². The Balaban J connectivity index is 3.89. The molecule has 0 aromatic heterocycles. The van der Waals surface area contributed by atoms with Crippen molar-refractivity contribution in [2.75, 3.05) is 0 Å². The van der Waals surface area contributed by atoms with Gasteiger partial charge in [0, 0.05) is 12.8 Å². The highest BCUT2D eigenvalue weighted by Crippen LogP contribution is 2.19. The molecule has 0 spiro atoms. The molecule has 0 radical (unpaired) electrons. The summed E-state index contributed by atoms with van der Waals surface area (Å²) in [5.41, 5.74) is 0. The number of aliphatic carboxylic acids is 1. The Morgan fingerprint density at radius 1 is 0.423 bits per heavy atom. The van der Waals surface area contributed by atoms with Gasteiger partial charge in [-0.2, -0.15) is 0 Å². The van der Waals surface area contributed by atoms with E-state index in [1.54, 1.807) is 0 Å². The van der Waals surface area contributed by atoms with E-state index in [1.165, 1.54) is 180 Å². The van der Waals surface area contributed by atoms with Gasteiger partial charge in [0.15, 0.2) is 0 Å². The molecule has 0 aromatic rings. The maximum atomic E-state index is 12.7. The van der Waals surface area contributed by atoms with Crippen molar-refractivity contribution in [3.63, 3.8) is 0 Å². The van der Waals surface area contributed by atoms with E-state index in [-0.39, 0.29) is 12.1 Å². The lowest BCUT2D eigenvalue weighted by Crippen LogP contribution is -2.18. The van der Waals surface area contributed by atoms with E-state index >= 15 is 0 Å². The van der Waals surface area contributed by atoms with Gasteiger partial charge in [-0.15, -0.1) is 0 Å². The molecule has 0 aliphatic rings. The Hall–Kier alpha value is -1.84. The van der Waals surface area contributed by atoms with Crippen molar-refractivity contribution in [2.45, 2.75) is 258 Å². The zero-order valence-electron chi connectivity index (χ0n) is 34.9. The van der Waals surface area contributed by atoms with Gasteiger partial charge in [-0.05, 0) is 96.3 Å². The highest BCUT2D eigenvalue weighted by molar-refractivity contribution is 5.69. The maximum Gasteiger partial charge on any atom is 0.306 e. The van der Waals surface area contributed by atoms with Crippen LogP contribution in [0, 0.1) is 0 Å². The van der Waals surface area contributed by atoms with E-state index in [1.807, 2.05) is 0 Å². The van der Waals surface area contributed by atoms with E-state index < -0.39 is 5.97 Å². The van der Waals surface area contributed by atoms with Crippen molar-refractivity contribution < 1.29 is 19.4 Å². The van der Waals surface area contributed by atoms with Crippen molar-refractivity contribution in [2.24, 2.45) is 0 Å². The van der Waals surface area contributed by atoms with Gasteiger partial charge in [0.05, 0.1) is 0 Å². The number of ether oxygens (including phenoxy) is 1. The van der Waals surface area contributed by atoms with Gasteiger partial charge < -0.3 is 9.84 Å². The number of unbranched alkanes of at least 4 members (excludes halogenated alkanes) is 27. The Bertz CT molecular complexity index is 828. The fraction of sp³-hybridized carbons (Fsp3) is 0.833. The van der Waals surface area contributed by atoms with E-state index in [2.05, 4.69) is 50.3 Å². The van der Waals surface area contributed by atoms with Gasteiger partial charge in [-0.25, -0.2) is 0 Å². The Labute approximate surface area is 324 Å². The normalized spacial score (nSPS) is 12.5. The summed E-state index contributed by atoms with van der Waals surface area (Å²) in [7, 11) is 0. The van der Waals surface area contributed by atoms with E-state index in [0.29, 0.717) is 12.8 Å². The molecule has 0 rings (SSSR count). The van der Waals surface area contributed by atoms with Crippen LogP contribution in [-0.4, -0.2) is 23.1 Å². The van der Waals surface area contributed by atoms with Gasteiger partial charge in [0.2, 0.25) is 0 Å². The van der Waals surface area contributed by atoms with Crippen LogP contribution in [0.3, 0.4) is 0 Å². The highest BCUT2D eigenvalue weighted by Gasteiger charge is 2.14. The average molecular weight is 729 g/mol. The third-order valence-corrected chi connectivity index (χ3v) is 10.3. The lowest BCUT2D eigenvalue weighted by molar-refractivity contribution is -0.150. The quantitative estimate of drug-likeness (QED) is 0.0386. The SMILES string of the molecule is CCCCC/C=C\C/C=C\CCCC/C=C\CCCCCCCC(=O)OC(CCCCCCCC)CCCCCCCCCCCCCCC(=O)O. The molecular formula is C48H88O4. The second-order valence-electron chi connectivity index (χ2n) is 15.6. The third kappa shape index (κ3) is 42.6. The van der Waals surface area contributed by atoms with E-state index in [0.717, 1.165) is 44.9 Å². The summed E-state index contributed by atoms with van der Waals surface area (Å²) in [5, 5.41) is 8.71. The topological polar surface area (TPSA) is 63.6 Å². The number of hydrogen-bond donors (Lipinski definition) is 1. The summed E-state index contributed by atoms with van der Waals surface area (Å²) in [6.07, 6.45) is 57.7. The predicted octanol–water partition coefficient (Wildman–Crippen LogP) is 16.1. The zero-order valence-corrected chi connectivity index (χ0v) is 34.9. The first-order valence-electron chi connectivity index (χ1n) is 23.0. The first-order valence-corrected chi connectivity index (χ1v) is 23.0. The third-order valence-electron chi connectivity index (χ3n) is 10.3. The van der Waals surface area contributed by atoms with Crippen LogP contribution in [0.4, 0.5) is 0 Å². The van der Waals surface area contributed by atoms with Crippen molar-refractivity contribution >= 4 is 11.9 Å². The van der Waals surface area contributed by atoms with Gasteiger partial charge in [-0.3, -0.25) is 9.59 Å². The first kappa shape index (κ1) is 50.2. The van der Waals surface area contributed by atoms with Crippen molar-refractivity contribution in [3.8, 4) is 0 Å². The molecule has 0 saturated carbocycles. The molecule has 304 valence electrons. The first-order chi connectivity index (χ1) is 25.6. The minimum atomic E-state index is -0.669. The summed E-state index contributed by atoms with van der Waals surface area (Å²) in [4.78, 5) is 23.3. The van der Waals surface area contributed by atoms with E-state index in [9.17, 15) is 9.59 Å². The van der Waals surface area contributed by atoms with Crippen LogP contribution in [0.5, 0.6) is 0 Å². The lowest BCUT2D eigenvalue weighted by Gasteiger charge is -2.18. The second-order valence-corrected chi connectivity index (χ2v) is 15.6. The molecule has 4 nitrogen and oxygen atoms in total. The standard InChI is InChI=1S/C48H88O4/c1-3-5-7-9-11-12-13-14-15-16-17-18-19-20-21-22-27-30-33-37-41-45-48(51)52-46(42-38-34-10-8-6-4-2)43-39-35-31-28-25-23-24-26-29-32-36-40-44-47(49)50/h11-12,14-15,20-21,46H,3-10,13,16-19,22-45H2,1-2H3,(H,49,50)/b12-11-,15-14-,21-20-. The molecule has 52 heavy (non-hydrogen) atoms. The van der Waals surface area contributed by atoms with Crippen LogP contribution in [-0.2, 0) is 14.3 Å². The molecule has 0 fully saturated rings. The van der Waals surface area contributed by atoms with E-state index in [4.69, 9.17) is 9.84 Å².